The minimum atomic E-state index is 0.0786. The molecular weight excluding hydrogens is 200 g/mol. The van der Waals surface area contributed by atoms with Crippen molar-refractivity contribution in [2.45, 2.75) is 38.5 Å². The van der Waals surface area contributed by atoms with Gasteiger partial charge >= 0.3 is 0 Å². The zero-order valence-electron chi connectivity index (χ0n) is 9.19. The van der Waals surface area contributed by atoms with Crippen LogP contribution in [0.25, 0.3) is 0 Å². The molecule has 0 amide bonds. The van der Waals surface area contributed by atoms with Crippen molar-refractivity contribution in [3.8, 4) is 24.3 Å². The molecule has 0 fully saturated rings. The van der Waals surface area contributed by atoms with Crippen LogP contribution in [0, 0.1) is 57.2 Å². The van der Waals surface area contributed by atoms with E-state index in [9.17, 15) is 0 Å². The second-order valence-corrected chi connectivity index (χ2v) is 3.76. The summed E-state index contributed by atoms with van der Waals surface area (Å²) in [4.78, 5) is 0. The van der Waals surface area contributed by atoms with E-state index < -0.39 is 0 Å². The highest BCUT2D eigenvalue weighted by molar-refractivity contribution is 4.87. The summed E-state index contributed by atoms with van der Waals surface area (Å²) in [6, 6.07) is 8.24. The van der Waals surface area contributed by atoms with Gasteiger partial charge in [-0.25, -0.2) is 0 Å². The Balaban J connectivity index is 4.07. The van der Waals surface area contributed by atoms with Crippen molar-refractivity contribution in [3.05, 3.63) is 0 Å². The van der Waals surface area contributed by atoms with E-state index >= 15 is 0 Å². The van der Waals surface area contributed by atoms with Gasteiger partial charge in [-0.2, -0.15) is 21.0 Å². The average Bonchev–Trinajstić information content (AvgIpc) is 2.27. The van der Waals surface area contributed by atoms with Crippen LogP contribution in [0.1, 0.15) is 38.5 Å². The molecule has 0 bridgehead atoms. The molecule has 0 unspecified atom stereocenters. The Morgan fingerprint density at radius 1 is 0.562 bits per heavy atom. The molecule has 0 rings (SSSR count). The van der Waals surface area contributed by atoms with E-state index in [2.05, 4.69) is 24.3 Å². The average molecular weight is 214 g/mol. The Labute approximate surface area is 96.3 Å². The largest absolute Gasteiger partial charge is 0.198 e. The standard InChI is InChI=1S/C12H14N4/c13-7-3-11(4-8-14)1-2-12(5-9-15)6-10-16/h11-12H,1-6H2. The molecule has 0 aromatic heterocycles. The van der Waals surface area contributed by atoms with Crippen molar-refractivity contribution in [1.82, 2.24) is 0 Å². The second-order valence-electron chi connectivity index (χ2n) is 3.76. The molecule has 0 N–H and O–H groups in total. The fraction of sp³-hybridized carbons (Fsp3) is 0.667. The Bertz CT molecular complexity index is 279. The third-order valence-electron chi connectivity index (χ3n) is 2.50. The van der Waals surface area contributed by atoms with Crippen LogP contribution >= 0.6 is 0 Å². The first-order chi connectivity index (χ1) is 7.78. The summed E-state index contributed by atoms with van der Waals surface area (Å²) in [5.41, 5.74) is 0. The van der Waals surface area contributed by atoms with Crippen molar-refractivity contribution in [2.75, 3.05) is 0 Å². The summed E-state index contributed by atoms with van der Waals surface area (Å²) in [6.45, 7) is 0. The van der Waals surface area contributed by atoms with Gasteiger partial charge in [0.05, 0.1) is 24.3 Å². The molecule has 4 heteroatoms. The van der Waals surface area contributed by atoms with Crippen molar-refractivity contribution in [1.29, 1.82) is 21.0 Å². The smallest absolute Gasteiger partial charge is 0.0625 e. The predicted molar refractivity (Wildman–Crippen MR) is 57.1 cm³/mol. The lowest BCUT2D eigenvalue weighted by molar-refractivity contribution is 0.406. The Hall–Kier alpha value is -2.04. The lowest BCUT2D eigenvalue weighted by atomic mass is 9.89. The monoisotopic (exact) mass is 214 g/mol. The minimum Gasteiger partial charge on any atom is -0.198 e. The molecule has 0 saturated carbocycles. The lowest BCUT2D eigenvalue weighted by Crippen LogP contribution is -2.04. The van der Waals surface area contributed by atoms with Crippen molar-refractivity contribution in [3.63, 3.8) is 0 Å². The van der Waals surface area contributed by atoms with Crippen molar-refractivity contribution >= 4 is 0 Å². The van der Waals surface area contributed by atoms with Gasteiger partial charge in [0.25, 0.3) is 0 Å². The van der Waals surface area contributed by atoms with Gasteiger partial charge in [-0.3, -0.25) is 0 Å². The van der Waals surface area contributed by atoms with Crippen LogP contribution in [0.15, 0.2) is 0 Å². The molecule has 0 saturated heterocycles. The first-order valence-electron chi connectivity index (χ1n) is 5.26. The van der Waals surface area contributed by atoms with E-state index in [1.165, 1.54) is 0 Å². The van der Waals surface area contributed by atoms with Crippen LogP contribution < -0.4 is 0 Å². The van der Waals surface area contributed by atoms with Crippen LogP contribution in [0.4, 0.5) is 0 Å². The number of hydrogen-bond acceptors (Lipinski definition) is 4. The highest BCUT2D eigenvalue weighted by Crippen LogP contribution is 2.22. The Morgan fingerprint density at radius 3 is 1.00 bits per heavy atom. The van der Waals surface area contributed by atoms with Gasteiger partial charge in [-0.05, 0) is 24.7 Å². The van der Waals surface area contributed by atoms with Gasteiger partial charge in [0.2, 0.25) is 0 Å². The maximum atomic E-state index is 8.57. The van der Waals surface area contributed by atoms with E-state index in [1.807, 2.05) is 0 Å². The molecule has 4 nitrogen and oxygen atoms in total. The van der Waals surface area contributed by atoms with Crippen LogP contribution in [-0.4, -0.2) is 0 Å². The van der Waals surface area contributed by atoms with Crippen LogP contribution in [-0.2, 0) is 0 Å². The van der Waals surface area contributed by atoms with Gasteiger partial charge in [0.15, 0.2) is 0 Å². The van der Waals surface area contributed by atoms with Gasteiger partial charge in [-0.1, -0.05) is 0 Å². The lowest BCUT2D eigenvalue weighted by Gasteiger charge is -2.13. The van der Waals surface area contributed by atoms with E-state index in [0.29, 0.717) is 25.7 Å². The summed E-state index contributed by atoms with van der Waals surface area (Å²) < 4.78 is 0. The summed E-state index contributed by atoms with van der Waals surface area (Å²) in [5.74, 6) is 0.157. The quantitative estimate of drug-likeness (QED) is 0.650. The Morgan fingerprint density at radius 2 is 0.812 bits per heavy atom. The molecule has 0 aromatic rings. The zero-order valence-corrected chi connectivity index (χ0v) is 9.19. The number of nitriles is 4. The molecule has 0 aliphatic heterocycles. The van der Waals surface area contributed by atoms with Gasteiger partial charge < -0.3 is 0 Å². The van der Waals surface area contributed by atoms with Crippen molar-refractivity contribution < 1.29 is 0 Å². The molecule has 0 radical (unpaired) electrons. The summed E-state index contributed by atoms with van der Waals surface area (Å²) in [7, 11) is 0. The maximum absolute atomic E-state index is 8.57. The highest BCUT2D eigenvalue weighted by Gasteiger charge is 2.13. The van der Waals surface area contributed by atoms with Crippen LogP contribution in [0.5, 0.6) is 0 Å². The third kappa shape index (κ3) is 6.42. The summed E-state index contributed by atoms with van der Waals surface area (Å²) in [5, 5.41) is 34.3. The zero-order chi connectivity index (χ0) is 12.2. The van der Waals surface area contributed by atoms with Crippen LogP contribution in [0.2, 0.25) is 0 Å². The van der Waals surface area contributed by atoms with Gasteiger partial charge in [0.1, 0.15) is 0 Å². The number of hydrogen-bond donors (Lipinski definition) is 0. The molecule has 0 aromatic carbocycles. The summed E-state index contributed by atoms with van der Waals surface area (Å²) in [6.07, 6.45) is 2.99. The van der Waals surface area contributed by atoms with E-state index in [-0.39, 0.29) is 11.8 Å². The molecule has 0 spiro atoms. The molecule has 16 heavy (non-hydrogen) atoms. The molecule has 82 valence electrons. The normalized spacial score (nSPS) is 9.12. The molecular formula is C12H14N4. The molecule has 0 aliphatic rings. The number of rotatable bonds is 7. The first-order valence-corrected chi connectivity index (χ1v) is 5.26. The fourth-order valence-corrected chi connectivity index (χ4v) is 1.54. The fourth-order valence-electron chi connectivity index (χ4n) is 1.54. The second kappa shape index (κ2) is 9.51. The molecule has 0 atom stereocenters. The van der Waals surface area contributed by atoms with Crippen molar-refractivity contribution in [2.24, 2.45) is 11.8 Å². The highest BCUT2D eigenvalue weighted by atomic mass is 14.3. The SMILES string of the molecule is N#CCC(CC#N)CCC(CC#N)CC#N. The maximum Gasteiger partial charge on any atom is 0.0625 e. The third-order valence-corrected chi connectivity index (χ3v) is 2.50. The first kappa shape index (κ1) is 14.0. The van der Waals surface area contributed by atoms with Gasteiger partial charge in [-0.15, -0.1) is 0 Å². The van der Waals surface area contributed by atoms with Crippen LogP contribution in [0.3, 0.4) is 0 Å². The van der Waals surface area contributed by atoms with E-state index in [0.717, 1.165) is 12.8 Å². The van der Waals surface area contributed by atoms with E-state index in [1.54, 1.807) is 0 Å². The van der Waals surface area contributed by atoms with Gasteiger partial charge in [0, 0.05) is 25.7 Å². The van der Waals surface area contributed by atoms with E-state index in [4.69, 9.17) is 21.0 Å². The Kier molecular flexibility index (Phi) is 8.30. The number of nitrogens with zero attached hydrogens (tertiary/aromatic N) is 4. The topological polar surface area (TPSA) is 95.2 Å². The predicted octanol–water partition coefficient (Wildman–Crippen LogP) is 2.65. The molecule has 0 heterocycles. The minimum absolute atomic E-state index is 0.0786. The summed E-state index contributed by atoms with van der Waals surface area (Å²) >= 11 is 0. The molecule has 0 aliphatic carbocycles.